The van der Waals surface area contributed by atoms with Gasteiger partial charge in [0.1, 0.15) is 11.9 Å². The van der Waals surface area contributed by atoms with Gasteiger partial charge in [0.2, 0.25) is 0 Å². The summed E-state index contributed by atoms with van der Waals surface area (Å²) >= 11 is 3.46. The van der Waals surface area contributed by atoms with Crippen LogP contribution in [0.5, 0.6) is 5.75 Å². The summed E-state index contributed by atoms with van der Waals surface area (Å²) in [5.41, 5.74) is 1.18. The normalized spacial score (nSPS) is 17.4. The Morgan fingerprint density at radius 1 is 1.55 bits per heavy atom. The van der Waals surface area contributed by atoms with E-state index in [0.29, 0.717) is 12.5 Å². The Labute approximate surface area is 127 Å². The van der Waals surface area contributed by atoms with E-state index >= 15 is 0 Å². The number of carbonyl (C=O) groups is 1. The second kappa shape index (κ2) is 6.59. The van der Waals surface area contributed by atoms with Gasteiger partial charge >= 0.3 is 5.97 Å². The van der Waals surface area contributed by atoms with Crippen LogP contribution in [0.25, 0.3) is 0 Å². The van der Waals surface area contributed by atoms with Crippen LogP contribution in [0.1, 0.15) is 19.4 Å². The summed E-state index contributed by atoms with van der Waals surface area (Å²) in [6, 6.07) is 5.99. The van der Waals surface area contributed by atoms with E-state index in [9.17, 15) is 4.79 Å². The third kappa shape index (κ3) is 4.21. The number of rotatable bonds is 6. The molecule has 4 nitrogen and oxygen atoms in total. The first-order chi connectivity index (χ1) is 9.44. The van der Waals surface area contributed by atoms with Crippen LogP contribution in [0.4, 0.5) is 0 Å². The van der Waals surface area contributed by atoms with Crippen molar-refractivity contribution in [3.05, 3.63) is 28.2 Å². The smallest absolute Gasteiger partial charge is 0.317 e. The third-order valence-corrected chi connectivity index (χ3v) is 3.70. The van der Waals surface area contributed by atoms with Crippen molar-refractivity contribution in [1.82, 2.24) is 4.90 Å². The molecule has 0 amide bonds. The van der Waals surface area contributed by atoms with Crippen molar-refractivity contribution in [2.24, 2.45) is 5.92 Å². The monoisotopic (exact) mass is 341 g/mol. The summed E-state index contributed by atoms with van der Waals surface area (Å²) < 4.78 is 6.95. The van der Waals surface area contributed by atoms with E-state index in [1.165, 1.54) is 5.56 Å². The maximum atomic E-state index is 10.9. The van der Waals surface area contributed by atoms with E-state index in [0.717, 1.165) is 23.2 Å². The van der Waals surface area contributed by atoms with Crippen molar-refractivity contribution in [3.63, 3.8) is 0 Å². The standard InChI is InChI=1S/C15H20BrNO3/c1-10(2)7-17(9-15(18)19)8-13-6-11-5-12(16)3-4-14(11)20-13/h3-5,10,13H,6-9H2,1-2H3,(H,18,19). The summed E-state index contributed by atoms with van der Waals surface area (Å²) in [7, 11) is 0. The topological polar surface area (TPSA) is 49.8 Å². The first kappa shape index (κ1) is 15.3. The molecule has 20 heavy (non-hydrogen) atoms. The van der Waals surface area contributed by atoms with E-state index in [-0.39, 0.29) is 12.6 Å². The van der Waals surface area contributed by atoms with Crippen LogP contribution in [0.3, 0.4) is 0 Å². The predicted molar refractivity (Wildman–Crippen MR) is 81.2 cm³/mol. The Bertz CT molecular complexity index is 490. The number of carboxylic acid groups (broad SMARTS) is 1. The van der Waals surface area contributed by atoms with Gasteiger partial charge in [0, 0.05) is 24.0 Å². The molecule has 110 valence electrons. The second-order valence-electron chi connectivity index (χ2n) is 5.68. The van der Waals surface area contributed by atoms with Gasteiger partial charge in [0.25, 0.3) is 0 Å². The van der Waals surface area contributed by atoms with Gasteiger partial charge in [-0.15, -0.1) is 0 Å². The van der Waals surface area contributed by atoms with Crippen molar-refractivity contribution in [2.75, 3.05) is 19.6 Å². The molecule has 1 unspecified atom stereocenters. The Morgan fingerprint density at radius 3 is 2.95 bits per heavy atom. The quantitative estimate of drug-likeness (QED) is 0.864. The van der Waals surface area contributed by atoms with Crippen molar-refractivity contribution in [2.45, 2.75) is 26.4 Å². The van der Waals surface area contributed by atoms with Crippen LogP contribution >= 0.6 is 15.9 Å². The molecule has 0 saturated carbocycles. The van der Waals surface area contributed by atoms with Crippen LogP contribution in [-0.4, -0.2) is 41.7 Å². The number of hydrogen-bond acceptors (Lipinski definition) is 3. The molecule has 0 spiro atoms. The molecule has 0 saturated heterocycles. The third-order valence-electron chi connectivity index (χ3n) is 3.21. The van der Waals surface area contributed by atoms with Crippen molar-refractivity contribution >= 4 is 21.9 Å². The lowest BCUT2D eigenvalue weighted by molar-refractivity contribution is -0.138. The molecule has 0 fully saturated rings. The number of fused-ring (bicyclic) bond motifs is 1. The van der Waals surface area contributed by atoms with E-state index in [2.05, 4.69) is 35.8 Å². The van der Waals surface area contributed by atoms with E-state index in [1.807, 2.05) is 17.0 Å². The Balaban J connectivity index is 1.97. The maximum Gasteiger partial charge on any atom is 0.317 e. The minimum Gasteiger partial charge on any atom is -0.488 e. The summed E-state index contributed by atoms with van der Waals surface area (Å²) in [6.45, 7) is 5.67. The lowest BCUT2D eigenvalue weighted by atomic mass is 10.1. The van der Waals surface area contributed by atoms with Crippen LogP contribution in [0.15, 0.2) is 22.7 Å². The number of carboxylic acids is 1. The fourth-order valence-electron chi connectivity index (χ4n) is 2.59. The largest absolute Gasteiger partial charge is 0.488 e. The highest BCUT2D eigenvalue weighted by Gasteiger charge is 2.26. The predicted octanol–water partition coefficient (Wildman–Crippen LogP) is 2.80. The summed E-state index contributed by atoms with van der Waals surface area (Å²) in [5, 5.41) is 8.99. The Morgan fingerprint density at radius 2 is 2.30 bits per heavy atom. The second-order valence-corrected chi connectivity index (χ2v) is 6.59. The van der Waals surface area contributed by atoms with Gasteiger partial charge in [0.15, 0.2) is 0 Å². The fraction of sp³-hybridized carbons (Fsp3) is 0.533. The van der Waals surface area contributed by atoms with Crippen molar-refractivity contribution < 1.29 is 14.6 Å². The SMILES string of the molecule is CC(C)CN(CC(=O)O)CC1Cc2cc(Br)ccc2O1. The average molecular weight is 342 g/mol. The molecule has 1 aliphatic rings. The van der Waals surface area contributed by atoms with Crippen molar-refractivity contribution in [1.29, 1.82) is 0 Å². The molecule has 5 heteroatoms. The number of nitrogens with zero attached hydrogens (tertiary/aromatic N) is 1. The molecule has 1 atom stereocenters. The highest BCUT2D eigenvalue weighted by atomic mass is 79.9. The number of benzene rings is 1. The first-order valence-electron chi connectivity index (χ1n) is 6.83. The number of ether oxygens (including phenoxy) is 1. The molecule has 1 aromatic rings. The zero-order valence-corrected chi connectivity index (χ0v) is 13.4. The number of aliphatic carboxylic acids is 1. The molecule has 1 aromatic carbocycles. The maximum absolute atomic E-state index is 10.9. The van der Waals surface area contributed by atoms with E-state index in [4.69, 9.17) is 9.84 Å². The van der Waals surface area contributed by atoms with Gasteiger partial charge in [0.05, 0.1) is 6.54 Å². The highest BCUT2D eigenvalue weighted by molar-refractivity contribution is 9.10. The van der Waals surface area contributed by atoms with Gasteiger partial charge in [-0.25, -0.2) is 0 Å². The minimum absolute atomic E-state index is 0.0393. The molecule has 1 aliphatic heterocycles. The van der Waals surface area contributed by atoms with Crippen LogP contribution < -0.4 is 4.74 Å². The van der Waals surface area contributed by atoms with Crippen LogP contribution in [0, 0.1) is 5.92 Å². The fourth-order valence-corrected chi connectivity index (χ4v) is 3.00. The Hall–Kier alpha value is -1.07. The highest BCUT2D eigenvalue weighted by Crippen LogP contribution is 2.31. The van der Waals surface area contributed by atoms with E-state index in [1.54, 1.807) is 0 Å². The molecule has 0 aliphatic carbocycles. The molecule has 1 N–H and O–H groups in total. The van der Waals surface area contributed by atoms with E-state index < -0.39 is 5.97 Å². The minimum atomic E-state index is -0.788. The van der Waals surface area contributed by atoms with Crippen molar-refractivity contribution in [3.8, 4) is 5.75 Å². The summed E-state index contributed by atoms with van der Waals surface area (Å²) in [4.78, 5) is 12.9. The van der Waals surface area contributed by atoms with Gasteiger partial charge < -0.3 is 9.84 Å². The molecule has 2 rings (SSSR count). The molecule has 0 aromatic heterocycles. The van der Waals surface area contributed by atoms with Gasteiger partial charge in [-0.05, 0) is 29.7 Å². The number of hydrogen-bond donors (Lipinski definition) is 1. The molecular weight excluding hydrogens is 322 g/mol. The van der Waals surface area contributed by atoms with Crippen LogP contribution in [0.2, 0.25) is 0 Å². The first-order valence-corrected chi connectivity index (χ1v) is 7.62. The zero-order valence-electron chi connectivity index (χ0n) is 11.8. The molecule has 0 radical (unpaired) electrons. The lowest BCUT2D eigenvalue weighted by Crippen LogP contribution is -2.40. The summed E-state index contributed by atoms with van der Waals surface area (Å²) in [5.74, 6) is 0.564. The average Bonchev–Trinajstić information content (AvgIpc) is 2.68. The lowest BCUT2D eigenvalue weighted by Gasteiger charge is -2.25. The number of halogens is 1. The zero-order chi connectivity index (χ0) is 14.7. The Kier molecular flexibility index (Phi) is 5.05. The van der Waals surface area contributed by atoms with Crippen LogP contribution in [-0.2, 0) is 11.2 Å². The molecular formula is C15H20BrNO3. The van der Waals surface area contributed by atoms with Gasteiger partial charge in [-0.3, -0.25) is 9.69 Å². The van der Waals surface area contributed by atoms with Gasteiger partial charge in [-0.1, -0.05) is 29.8 Å². The van der Waals surface area contributed by atoms with Gasteiger partial charge in [-0.2, -0.15) is 0 Å². The molecule has 0 bridgehead atoms. The molecule has 1 heterocycles. The summed E-state index contributed by atoms with van der Waals surface area (Å²) in [6.07, 6.45) is 0.876.